The molecule has 3 aliphatic heterocycles. The topological polar surface area (TPSA) is 58.6 Å². The minimum atomic E-state index is -0.783. The molecule has 0 radical (unpaired) electrons. The van der Waals surface area contributed by atoms with Crippen LogP contribution in [-0.2, 0) is 19.7 Å². The largest absolute Gasteiger partial charge is 0.469 e. The second kappa shape index (κ2) is 4.31. The third-order valence-corrected chi connectivity index (χ3v) is 5.30. The Kier molecular flexibility index (Phi) is 2.63. The number of anilines is 1. The molecule has 3 heterocycles. The van der Waals surface area contributed by atoms with Crippen LogP contribution in [0.25, 0.3) is 0 Å². The Balaban J connectivity index is 1.89. The van der Waals surface area contributed by atoms with Gasteiger partial charge in [-0.2, -0.15) is 0 Å². The Morgan fingerprint density at radius 1 is 1.43 bits per heavy atom. The van der Waals surface area contributed by atoms with Crippen molar-refractivity contribution in [3.05, 3.63) is 29.8 Å². The molecular formula is C16H18N2O3. The van der Waals surface area contributed by atoms with E-state index in [4.69, 9.17) is 4.74 Å². The molecule has 5 heteroatoms. The van der Waals surface area contributed by atoms with Gasteiger partial charge in [-0.1, -0.05) is 18.2 Å². The van der Waals surface area contributed by atoms with E-state index in [1.54, 1.807) is 0 Å². The standard InChI is InChI=1S/C16H18N2O3/c1-21-14(19)13-12-7-4-8-18(12)9-16(13)10-5-2-3-6-11(10)17-15(16)20/h2-3,5-6,12-13H,4,7-9H2,1H3,(H,17,20)/t12-,13+,16-/m0/s1. The highest BCUT2D eigenvalue weighted by Gasteiger charge is 2.64. The molecule has 0 bridgehead atoms. The Labute approximate surface area is 123 Å². The molecule has 110 valence electrons. The van der Waals surface area contributed by atoms with Crippen molar-refractivity contribution in [2.45, 2.75) is 24.3 Å². The van der Waals surface area contributed by atoms with Crippen LogP contribution in [0.3, 0.4) is 0 Å². The number of hydrogen-bond donors (Lipinski definition) is 1. The van der Waals surface area contributed by atoms with E-state index in [0.29, 0.717) is 6.54 Å². The first-order valence-corrected chi connectivity index (χ1v) is 7.41. The van der Waals surface area contributed by atoms with Gasteiger partial charge in [0.2, 0.25) is 5.91 Å². The van der Waals surface area contributed by atoms with E-state index in [-0.39, 0.29) is 17.9 Å². The highest BCUT2D eigenvalue weighted by Crippen LogP contribution is 2.52. The van der Waals surface area contributed by atoms with Crippen LogP contribution in [0.2, 0.25) is 0 Å². The molecule has 3 aliphatic rings. The first kappa shape index (κ1) is 12.8. The van der Waals surface area contributed by atoms with Crippen LogP contribution in [0.4, 0.5) is 5.69 Å². The molecule has 1 amide bonds. The molecule has 0 unspecified atom stereocenters. The maximum atomic E-state index is 12.8. The lowest BCUT2D eigenvalue weighted by Crippen LogP contribution is -2.47. The van der Waals surface area contributed by atoms with Crippen molar-refractivity contribution < 1.29 is 14.3 Å². The minimum Gasteiger partial charge on any atom is -0.469 e. The summed E-state index contributed by atoms with van der Waals surface area (Å²) in [5.74, 6) is -0.738. The lowest BCUT2D eigenvalue weighted by Gasteiger charge is -2.28. The Morgan fingerprint density at radius 2 is 2.24 bits per heavy atom. The van der Waals surface area contributed by atoms with Crippen LogP contribution in [0.5, 0.6) is 0 Å². The summed E-state index contributed by atoms with van der Waals surface area (Å²) in [5, 5.41) is 2.96. The smallest absolute Gasteiger partial charge is 0.311 e. The predicted molar refractivity (Wildman–Crippen MR) is 76.9 cm³/mol. The van der Waals surface area contributed by atoms with Crippen LogP contribution >= 0.6 is 0 Å². The number of methoxy groups -OCH3 is 1. The molecule has 1 aromatic rings. The normalized spacial score (nSPS) is 33.9. The molecule has 1 spiro atoms. The van der Waals surface area contributed by atoms with Crippen LogP contribution in [0.1, 0.15) is 18.4 Å². The summed E-state index contributed by atoms with van der Waals surface area (Å²) < 4.78 is 5.05. The van der Waals surface area contributed by atoms with Crippen LogP contribution < -0.4 is 5.32 Å². The van der Waals surface area contributed by atoms with E-state index >= 15 is 0 Å². The first-order valence-electron chi connectivity index (χ1n) is 7.41. The van der Waals surface area contributed by atoms with Gasteiger partial charge in [0.25, 0.3) is 0 Å². The summed E-state index contributed by atoms with van der Waals surface area (Å²) in [6.45, 7) is 1.57. The summed E-state index contributed by atoms with van der Waals surface area (Å²) in [4.78, 5) is 27.5. The van der Waals surface area contributed by atoms with Crippen molar-refractivity contribution >= 4 is 17.6 Å². The van der Waals surface area contributed by atoms with E-state index < -0.39 is 11.3 Å². The highest BCUT2D eigenvalue weighted by molar-refractivity contribution is 6.09. The zero-order chi connectivity index (χ0) is 14.6. The summed E-state index contributed by atoms with van der Waals surface area (Å²) in [6, 6.07) is 7.82. The molecule has 3 atom stereocenters. The third kappa shape index (κ3) is 1.50. The maximum absolute atomic E-state index is 12.8. The van der Waals surface area contributed by atoms with Crippen molar-refractivity contribution in [2.24, 2.45) is 5.92 Å². The lowest BCUT2D eigenvalue weighted by molar-refractivity contribution is -0.150. The fourth-order valence-electron chi connectivity index (χ4n) is 4.46. The van der Waals surface area contributed by atoms with Gasteiger partial charge in [-0.05, 0) is 31.0 Å². The zero-order valence-corrected chi connectivity index (χ0v) is 12.0. The minimum absolute atomic E-state index is 0.0616. The van der Waals surface area contributed by atoms with E-state index in [1.165, 1.54) is 7.11 Å². The number of para-hydroxylation sites is 1. The average molecular weight is 286 g/mol. The van der Waals surface area contributed by atoms with Crippen LogP contribution in [-0.4, -0.2) is 43.0 Å². The number of fused-ring (bicyclic) bond motifs is 3. The number of rotatable bonds is 1. The molecular weight excluding hydrogens is 268 g/mol. The highest BCUT2D eigenvalue weighted by atomic mass is 16.5. The van der Waals surface area contributed by atoms with E-state index in [1.807, 2.05) is 24.3 Å². The fraction of sp³-hybridized carbons (Fsp3) is 0.500. The van der Waals surface area contributed by atoms with Gasteiger partial charge in [-0.25, -0.2) is 0 Å². The van der Waals surface area contributed by atoms with Gasteiger partial charge >= 0.3 is 5.97 Å². The molecule has 21 heavy (non-hydrogen) atoms. The van der Waals surface area contributed by atoms with E-state index in [9.17, 15) is 9.59 Å². The maximum Gasteiger partial charge on any atom is 0.311 e. The number of amides is 1. The van der Waals surface area contributed by atoms with Gasteiger partial charge in [-0.3, -0.25) is 14.5 Å². The van der Waals surface area contributed by atoms with Gasteiger partial charge in [0, 0.05) is 18.3 Å². The van der Waals surface area contributed by atoms with Gasteiger partial charge < -0.3 is 10.1 Å². The molecule has 4 rings (SSSR count). The monoisotopic (exact) mass is 286 g/mol. The lowest BCUT2D eigenvalue weighted by atomic mass is 9.70. The molecule has 2 fully saturated rings. The van der Waals surface area contributed by atoms with Gasteiger partial charge in [0.15, 0.2) is 0 Å². The molecule has 1 aromatic carbocycles. The van der Waals surface area contributed by atoms with Crippen molar-refractivity contribution in [1.82, 2.24) is 4.90 Å². The molecule has 0 aromatic heterocycles. The SMILES string of the molecule is COC(=O)[C@H]1[C@@H]2CCCN2C[C@@]12C(=O)Nc1ccccc12. The zero-order valence-electron chi connectivity index (χ0n) is 12.0. The van der Waals surface area contributed by atoms with Crippen molar-refractivity contribution in [2.75, 3.05) is 25.5 Å². The number of nitrogens with one attached hydrogen (secondary N) is 1. The molecule has 0 saturated carbocycles. The number of benzene rings is 1. The summed E-state index contributed by atoms with van der Waals surface area (Å²) >= 11 is 0. The molecule has 0 aliphatic carbocycles. The Morgan fingerprint density at radius 3 is 3.05 bits per heavy atom. The third-order valence-electron chi connectivity index (χ3n) is 5.30. The Hall–Kier alpha value is -1.88. The van der Waals surface area contributed by atoms with Gasteiger partial charge in [0.05, 0.1) is 13.0 Å². The number of carbonyl (C=O) groups is 2. The van der Waals surface area contributed by atoms with Gasteiger partial charge in [-0.15, -0.1) is 0 Å². The number of hydrogen-bond acceptors (Lipinski definition) is 4. The van der Waals surface area contributed by atoms with E-state index in [0.717, 1.165) is 30.6 Å². The number of esters is 1. The van der Waals surface area contributed by atoms with Crippen molar-refractivity contribution in [1.29, 1.82) is 0 Å². The second-order valence-electron chi connectivity index (χ2n) is 6.15. The summed E-state index contributed by atoms with van der Waals surface area (Å²) in [7, 11) is 1.41. The number of nitrogens with zero attached hydrogens (tertiary/aromatic N) is 1. The number of ether oxygens (including phenoxy) is 1. The fourth-order valence-corrected chi connectivity index (χ4v) is 4.46. The second-order valence-corrected chi connectivity index (χ2v) is 6.15. The van der Waals surface area contributed by atoms with Crippen molar-refractivity contribution in [3.63, 3.8) is 0 Å². The number of carbonyl (C=O) groups excluding carboxylic acids is 2. The van der Waals surface area contributed by atoms with Crippen molar-refractivity contribution in [3.8, 4) is 0 Å². The molecule has 5 nitrogen and oxygen atoms in total. The molecule has 1 N–H and O–H groups in total. The summed E-state index contributed by atoms with van der Waals surface area (Å²) in [5.41, 5.74) is 0.992. The first-order chi connectivity index (χ1) is 10.2. The van der Waals surface area contributed by atoms with Crippen LogP contribution in [0, 0.1) is 5.92 Å². The Bertz CT molecular complexity index is 630. The summed E-state index contributed by atoms with van der Waals surface area (Å²) in [6.07, 6.45) is 2.04. The molecule has 2 saturated heterocycles. The quantitative estimate of drug-likeness (QED) is 0.787. The van der Waals surface area contributed by atoms with Gasteiger partial charge in [0.1, 0.15) is 5.41 Å². The van der Waals surface area contributed by atoms with E-state index in [2.05, 4.69) is 10.2 Å². The predicted octanol–water partition coefficient (Wildman–Crippen LogP) is 1.14. The van der Waals surface area contributed by atoms with Crippen LogP contribution in [0.15, 0.2) is 24.3 Å². The average Bonchev–Trinajstić information content (AvgIpc) is 3.12.